The minimum Gasteiger partial charge on any atom is -0.312 e. The summed E-state index contributed by atoms with van der Waals surface area (Å²) in [4.78, 5) is 2.46. The summed E-state index contributed by atoms with van der Waals surface area (Å²) in [5.74, 6) is -0.133. The molecule has 0 bridgehead atoms. The topological polar surface area (TPSA) is 37.4 Å². The summed E-state index contributed by atoms with van der Waals surface area (Å²) in [5.41, 5.74) is 9.07. The van der Waals surface area contributed by atoms with Gasteiger partial charge in [0.2, 0.25) is 0 Å². The van der Waals surface area contributed by atoms with E-state index in [-0.39, 0.29) is 5.75 Å². The van der Waals surface area contributed by atoms with Crippen molar-refractivity contribution < 1.29 is 8.42 Å². The van der Waals surface area contributed by atoms with Crippen LogP contribution in [0, 0.1) is 20.8 Å². The van der Waals surface area contributed by atoms with Crippen LogP contribution < -0.4 is 4.90 Å². The molecular weight excluding hydrogens is 542 g/mol. The van der Waals surface area contributed by atoms with Crippen LogP contribution in [0.1, 0.15) is 27.8 Å². The Morgan fingerprint density at radius 3 is 2.05 bits per heavy atom. The Morgan fingerprint density at radius 2 is 1.38 bits per heavy atom. The number of hydrogen-bond acceptors (Lipinski definition) is 3. The van der Waals surface area contributed by atoms with Crippen molar-refractivity contribution in [2.75, 3.05) is 10.7 Å². The van der Waals surface area contributed by atoms with E-state index >= 15 is 0 Å². The summed E-state index contributed by atoms with van der Waals surface area (Å²) in [6.07, 6.45) is 4.18. The van der Waals surface area contributed by atoms with Gasteiger partial charge in [-0.05, 0) is 91.1 Å². The van der Waals surface area contributed by atoms with E-state index in [1.807, 2.05) is 36.4 Å². The van der Waals surface area contributed by atoms with Crippen molar-refractivity contribution >= 4 is 48.8 Å². The Bertz CT molecular complexity index is 1610. The first-order valence-corrected chi connectivity index (χ1v) is 14.6. The van der Waals surface area contributed by atoms with Crippen LogP contribution in [-0.2, 0) is 9.84 Å². The van der Waals surface area contributed by atoms with Crippen molar-refractivity contribution in [3.63, 3.8) is 0 Å². The summed E-state index contributed by atoms with van der Waals surface area (Å²) < 4.78 is 28.4. The Labute approximate surface area is 227 Å². The van der Waals surface area contributed by atoms with Gasteiger partial charge in [-0.1, -0.05) is 82.2 Å². The predicted molar refractivity (Wildman–Crippen MR) is 158 cm³/mol. The quantitative estimate of drug-likeness (QED) is 0.242. The van der Waals surface area contributed by atoms with E-state index < -0.39 is 9.84 Å². The number of rotatable bonds is 5. The Hall–Kier alpha value is -3.41. The highest BCUT2D eigenvalue weighted by atomic mass is 79.9. The molecule has 0 spiro atoms. The van der Waals surface area contributed by atoms with Gasteiger partial charge >= 0.3 is 0 Å². The number of sulfone groups is 1. The first kappa shape index (κ1) is 25.2. The molecule has 0 aromatic heterocycles. The van der Waals surface area contributed by atoms with Gasteiger partial charge in [-0.15, -0.1) is 0 Å². The van der Waals surface area contributed by atoms with E-state index in [0.29, 0.717) is 10.6 Å². The minimum absolute atomic E-state index is 0.133. The summed E-state index contributed by atoms with van der Waals surface area (Å²) >= 11 is 3.53. The highest BCUT2D eigenvalue weighted by Gasteiger charge is 2.28. The van der Waals surface area contributed by atoms with Crippen LogP contribution in [0.5, 0.6) is 0 Å². The van der Waals surface area contributed by atoms with Gasteiger partial charge in [-0.2, -0.15) is 0 Å². The molecule has 0 fully saturated rings. The van der Waals surface area contributed by atoms with E-state index in [4.69, 9.17) is 0 Å². The fourth-order valence-electron chi connectivity index (χ4n) is 5.03. The third-order valence-electron chi connectivity index (χ3n) is 6.57. The number of halogens is 1. The monoisotopic (exact) mass is 569 g/mol. The molecule has 0 saturated carbocycles. The third-order valence-corrected chi connectivity index (χ3v) is 8.77. The third kappa shape index (κ3) is 5.20. The number of benzene rings is 4. The van der Waals surface area contributed by atoms with Crippen LogP contribution in [0.15, 0.2) is 112 Å². The minimum atomic E-state index is -3.61. The van der Waals surface area contributed by atoms with Gasteiger partial charge in [0.1, 0.15) is 0 Å². The van der Waals surface area contributed by atoms with Crippen molar-refractivity contribution in [3.05, 3.63) is 135 Å². The molecule has 4 aromatic rings. The van der Waals surface area contributed by atoms with Gasteiger partial charge in [-0.3, -0.25) is 0 Å². The van der Waals surface area contributed by atoms with E-state index in [0.717, 1.165) is 43.7 Å². The van der Waals surface area contributed by atoms with Crippen LogP contribution in [0.25, 0.3) is 11.6 Å². The Morgan fingerprint density at radius 1 is 0.757 bits per heavy atom. The Kier molecular flexibility index (Phi) is 6.93. The molecule has 0 N–H and O–H groups in total. The van der Waals surface area contributed by atoms with Crippen LogP contribution in [0.4, 0.5) is 11.4 Å². The highest BCUT2D eigenvalue weighted by Crippen LogP contribution is 2.42. The highest BCUT2D eigenvalue weighted by molar-refractivity contribution is 9.10. The van der Waals surface area contributed by atoms with E-state index in [1.165, 1.54) is 5.56 Å². The normalized spacial score (nSPS) is 13.5. The summed E-state index contributed by atoms with van der Waals surface area (Å²) in [6, 6.07) is 29.3. The molecule has 37 heavy (non-hydrogen) atoms. The average molecular weight is 571 g/mol. The molecule has 0 atom stereocenters. The molecule has 186 valence electrons. The lowest BCUT2D eigenvalue weighted by atomic mass is 10.0. The van der Waals surface area contributed by atoms with Gasteiger partial charge < -0.3 is 4.90 Å². The molecule has 1 aliphatic heterocycles. The number of aryl methyl sites for hydroxylation is 3. The molecule has 0 radical (unpaired) electrons. The van der Waals surface area contributed by atoms with Crippen molar-refractivity contribution in [1.82, 2.24) is 0 Å². The number of anilines is 2. The molecule has 0 aliphatic carbocycles. The largest absolute Gasteiger partial charge is 0.312 e. The van der Waals surface area contributed by atoms with Crippen LogP contribution in [0.2, 0.25) is 0 Å². The van der Waals surface area contributed by atoms with Gasteiger partial charge in [0.15, 0.2) is 9.84 Å². The zero-order chi connectivity index (χ0) is 26.2. The van der Waals surface area contributed by atoms with Crippen LogP contribution in [-0.4, -0.2) is 14.2 Å². The standard InChI is InChI=1S/C32H28BrNO2S/c1-22-17-23(2)32(24(3)18-22)34-29(21-37(35,36)30-10-5-4-6-11-30)20-27(25-13-15-28(33)16-14-25)19-26-9-7-8-12-31(26)34/h4-20H,21H2,1-3H3. The summed E-state index contributed by atoms with van der Waals surface area (Å²) in [5, 5.41) is 0. The molecule has 5 heteroatoms. The molecule has 0 amide bonds. The lowest BCUT2D eigenvalue weighted by molar-refractivity contribution is 0.598. The second-order valence-corrected chi connectivity index (χ2v) is 12.4. The number of nitrogens with zero attached hydrogens (tertiary/aromatic N) is 1. The number of hydrogen-bond donors (Lipinski definition) is 0. The van der Waals surface area contributed by atoms with E-state index in [9.17, 15) is 8.42 Å². The van der Waals surface area contributed by atoms with Crippen molar-refractivity contribution in [1.29, 1.82) is 0 Å². The van der Waals surface area contributed by atoms with E-state index in [2.05, 4.69) is 84.1 Å². The van der Waals surface area contributed by atoms with Gasteiger partial charge in [-0.25, -0.2) is 8.42 Å². The molecule has 4 aromatic carbocycles. The lowest BCUT2D eigenvalue weighted by Crippen LogP contribution is -2.25. The zero-order valence-corrected chi connectivity index (χ0v) is 23.5. The Balaban J connectivity index is 1.77. The molecule has 0 saturated heterocycles. The lowest BCUT2D eigenvalue weighted by Gasteiger charge is -2.31. The molecular formula is C32H28BrNO2S. The van der Waals surface area contributed by atoms with Crippen LogP contribution in [0.3, 0.4) is 0 Å². The number of allylic oxidation sites excluding steroid dienone is 2. The summed E-state index contributed by atoms with van der Waals surface area (Å²) in [7, 11) is -3.61. The zero-order valence-electron chi connectivity index (χ0n) is 21.1. The van der Waals surface area contributed by atoms with Gasteiger partial charge in [0.05, 0.1) is 22.0 Å². The maximum atomic E-state index is 13.7. The second kappa shape index (κ2) is 10.2. The maximum absolute atomic E-state index is 13.7. The fourth-order valence-corrected chi connectivity index (χ4v) is 6.64. The van der Waals surface area contributed by atoms with Gasteiger partial charge in [0.25, 0.3) is 0 Å². The second-order valence-electron chi connectivity index (χ2n) is 9.46. The predicted octanol–water partition coefficient (Wildman–Crippen LogP) is 8.42. The number of fused-ring (bicyclic) bond motifs is 1. The van der Waals surface area contributed by atoms with Gasteiger partial charge in [0, 0.05) is 10.2 Å². The smallest absolute Gasteiger partial charge is 0.183 e. The summed E-state index contributed by atoms with van der Waals surface area (Å²) in [6.45, 7) is 6.27. The molecule has 5 rings (SSSR count). The first-order chi connectivity index (χ1) is 17.7. The average Bonchev–Trinajstić information content (AvgIpc) is 3.01. The molecule has 1 heterocycles. The molecule has 1 aliphatic rings. The van der Waals surface area contributed by atoms with Crippen molar-refractivity contribution in [3.8, 4) is 0 Å². The van der Waals surface area contributed by atoms with Crippen molar-refractivity contribution in [2.24, 2.45) is 0 Å². The SMILES string of the molecule is Cc1cc(C)c(N2C(CS(=O)(=O)c3ccccc3)=CC(c3ccc(Br)cc3)=Cc3ccccc32)c(C)c1. The molecule has 3 nitrogen and oxygen atoms in total. The van der Waals surface area contributed by atoms with Crippen LogP contribution >= 0.6 is 15.9 Å². The first-order valence-electron chi connectivity index (χ1n) is 12.2. The van der Waals surface area contributed by atoms with E-state index in [1.54, 1.807) is 24.3 Å². The van der Waals surface area contributed by atoms with Crippen molar-refractivity contribution in [2.45, 2.75) is 25.7 Å². The fraction of sp³-hybridized carbons (Fsp3) is 0.125. The maximum Gasteiger partial charge on any atom is 0.183 e. The number of para-hydroxylation sites is 1. The molecule has 0 unspecified atom stereocenters.